The second-order valence-electron chi connectivity index (χ2n) is 5.38. The van der Waals surface area contributed by atoms with Crippen LogP contribution in [0.1, 0.15) is 39.3 Å². The zero-order chi connectivity index (χ0) is 15.0. The van der Waals surface area contributed by atoms with Crippen molar-refractivity contribution in [2.45, 2.75) is 32.7 Å². The van der Waals surface area contributed by atoms with Gasteiger partial charge in [-0.05, 0) is 37.8 Å². The minimum absolute atomic E-state index is 0.247. The van der Waals surface area contributed by atoms with E-state index >= 15 is 0 Å². The summed E-state index contributed by atoms with van der Waals surface area (Å²) in [6.07, 6.45) is 4.68. The van der Waals surface area contributed by atoms with Crippen molar-refractivity contribution in [2.75, 3.05) is 5.32 Å². The molecule has 0 saturated carbocycles. The molecule has 6 nitrogen and oxygen atoms in total. The Bertz CT molecular complexity index is 706. The summed E-state index contributed by atoms with van der Waals surface area (Å²) in [4.78, 5) is 15.9. The van der Waals surface area contributed by atoms with Gasteiger partial charge in [0, 0.05) is 30.5 Å². The number of hydrogen-bond donors (Lipinski definition) is 2. The number of rotatable bonds is 4. The summed E-state index contributed by atoms with van der Waals surface area (Å²) < 4.78 is 1.80. The Labute approximate surface area is 122 Å². The third-order valence-electron chi connectivity index (χ3n) is 4.06. The van der Waals surface area contributed by atoms with E-state index < -0.39 is 5.97 Å². The highest BCUT2D eigenvalue weighted by Gasteiger charge is 2.20. The van der Waals surface area contributed by atoms with E-state index in [9.17, 15) is 9.90 Å². The number of carbonyl (C=O) groups is 1. The van der Waals surface area contributed by atoms with Gasteiger partial charge in [0.1, 0.15) is 11.4 Å². The van der Waals surface area contributed by atoms with Crippen LogP contribution in [0.3, 0.4) is 0 Å². The molecule has 0 saturated heterocycles. The molecule has 3 rings (SSSR count). The molecule has 0 fully saturated rings. The molecule has 110 valence electrons. The third kappa shape index (κ3) is 2.49. The molecule has 0 bridgehead atoms. The fourth-order valence-corrected chi connectivity index (χ4v) is 2.67. The van der Waals surface area contributed by atoms with E-state index in [0.717, 1.165) is 41.8 Å². The molecule has 0 aromatic carbocycles. The Kier molecular flexibility index (Phi) is 3.37. The van der Waals surface area contributed by atoms with Gasteiger partial charge in [-0.15, -0.1) is 0 Å². The van der Waals surface area contributed by atoms with Crippen LogP contribution in [-0.2, 0) is 26.4 Å². The molecule has 0 radical (unpaired) electrons. The first-order chi connectivity index (χ1) is 10.1. The van der Waals surface area contributed by atoms with Crippen LogP contribution in [0.25, 0.3) is 0 Å². The quantitative estimate of drug-likeness (QED) is 0.897. The van der Waals surface area contributed by atoms with Crippen LogP contribution in [0, 0.1) is 6.92 Å². The standard InChI is InChI=1S/C15H18N4O2/c1-9-11(8-17-19(9)2)7-16-14-12(15(20)21)6-10-4-3-5-13(10)18-14/h6,8H,3-5,7H2,1-2H3,(H,16,18)(H,20,21). The SMILES string of the molecule is Cc1c(CNc2nc3c(cc2C(=O)O)CCC3)cnn1C. The first kappa shape index (κ1) is 13.6. The lowest BCUT2D eigenvalue weighted by Crippen LogP contribution is -2.10. The summed E-state index contributed by atoms with van der Waals surface area (Å²) in [5.41, 5.74) is 4.43. The molecular formula is C15H18N4O2. The fourth-order valence-electron chi connectivity index (χ4n) is 2.67. The summed E-state index contributed by atoms with van der Waals surface area (Å²) in [7, 11) is 1.88. The number of aryl methyl sites for hydroxylation is 3. The predicted octanol–water partition coefficient (Wildman–Crippen LogP) is 1.92. The Morgan fingerprint density at radius 1 is 1.48 bits per heavy atom. The molecule has 0 unspecified atom stereocenters. The van der Waals surface area contributed by atoms with E-state index in [2.05, 4.69) is 15.4 Å². The van der Waals surface area contributed by atoms with Crippen LogP contribution in [0.15, 0.2) is 12.3 Å². The number of carboxylic acid groups (broad SMARTS) is 1. The van der Waals surface area contributed by atoms with E-state index in [4.69, 9.17) is 0 Å². The highest BCUT2D eigenvalue weighted by atomic mass is 16.4. The third-order valence-corrected chi connectivity index (χ3v) is 4.06. The number of hydrogen-bond acceptors (Lipinski definition) is 4. The Hall–Kier alpha value is -2.37. The van der Waals surface area contributed by atoms with Gasteiger partial charge < -0.3 is 10.4 Å². The van der Waals surface area contributed by atoms with Crippen molar-refractivity contribution in [1.29, 1.82) is 0 Å². The molecule has 0 atom stereocenters. The number of fused-ring (bicyclic) bond motifs is 1. The van der Waals surface area contributed by atoms with E-state index in [-0.39, 0.29) is 5.56 Å². The monoisotopic (exact) mass is 286 g/mol. The summed E-state index contributed by atoms with van der Waals surface area (Å²) in [6.45, 7) is 2.50. The Morgan fingerprint density at radius 3 is 2.95 bits per heavy atom. The lowest BCUT2D eigenvalue weighted by atomic mass is 10.1. The van der Waals surface area contributed by atoms with Gasteiger partial charge in [0.15, 0.2) is 0 Å². The zero-order valence-electron chi connectivity index (χ0n) is 12.2. The van der Waals surface area contributed by atoms with E-state index in [1.165, 1.54) is 0 Å². The topological polar surface area (TPSA) is 80.0 Å². The Morgan fingerprint density at radius 2 is 2.29 bits per heavy atom. The van der Waals surface area contributed by atoms with Crippen molar-refractivity contribution in [3.05, 3.63) is 40.3 Å². The van der Waals surface area contributed by atoms with Gasteiger partial charge in [0.25, 0.3) is 0 Å². The molecule has 1 aliphatic rings. The maximum Gasteiger partial charge on any atom is 0.339 e. The molecule has 2 aromatic rings. The van der Waals surface area contributed by atoms with Gasteiger partial charge in [-0.1, -0.05) is 0 Å². The first-order valence-corrected chi connectivity index (χ1v) is 7.03. The van der Waals surface area contributed by atoms with E-state index in [1.807, 2.05) is 14.0 Å². The van der Waals surface area contributed by atoms with Crippen LogP contribution in [-0.4, -0.2) is 25.8 Å². The molecule has 2 N–H and O–H groups in total. The molecule has 1 aliphatic carbocycles. The average Bonchev–Trinajstić information content (AvgIpc) is 3.03. The Balaban J connectivity index is 1.87. The highest BCUT2D eigenvalue weighted by molar-refractivity contribution is 5.93. The minimum atomic E-state index is -0.942. The molecule has 0 spiro atoms. The number of aromatic carboxylic acids is 1. The lowest BCUT2D eigenvalue weighted by Gasteiger charge is -2.11. The number of aromatic nitrogens is 3. The van der Waals surface area contributed by atoms with E-state index in [1.54, 1.807) is 16.9 Å². The number of anilines is 1. The fraction of sp³-hybridized carbons (Fsp3) is 0.400. The van der Waals surface area contributed by atoms with Crippen LogP contribution >= 0.6 is 0 Å². The van der Waals surface area contributed by atoms with Gasteiger partial charge in [-0.3, -0.25) is 4.68 Å². The summed E-state index contributed by atoms with van der Waals surface area (Å²) in [5.74, 6) is -0.492. The average molecular weight is 286 g/mol. The zero-order valence-corrected chi connectivity index (χ0v) is 12.2. The smallest absolute Gasteiger partial charge is 0.339 e. The van der Waals surface area contributed by atoms with Gasteiger partial charge in [-0.25, -0.2) is 9.78 Å². The highest BCUT2D eigenvalue weighted by Crippen LogP contribution is 2.25. The number of pyridine rings is 1. The van der Waals surface area contributed by atoms with Crippen molar-refractivity contribution in [3.8, 4) is 0 Å². The van der Waals surface area contributed by atoms with Gasteiger partial charge >= 0.3 is 5.97 Å². The lowest BCUT2D eigenvalue weighted by molar-refractivity contribution is 0.0697. The van der Waals surface area contributed by atoms with Crippen molar-refractivity contribution in [3.63, 3.8) is 0 Å². The molecule has 6 heteroatoms. The molecule has 21 heavy (non-hydrogen) atoms. The summed E-state index contributed by atoms with van der Waals surface area (Å²) >= 11 is 0. The summed E-state index contributed by atoms with van der Waals surface area (Å²) in [5, 5.41) is 16.7. The van der Waals surface area contributed by atoms with Crippen molar-refractivity contribution in [2.24, 2.45) is 7.05 Å². The van der Waals surface area contributed by atoms with Crippen LogP contribution in [0.4, 0.5) is 5.82 Å². The van der Waals surface area contributed by atoms with Gasteiger partial charge in [0.05, 0.1) is 6.20 Å². The molecule has 2 aromatic heterocycles. The maximum atomic E-state index is 11.4. The predicted molar refractivity (Wildman–Crippen MR) is 78.5 cm³/mol. The first-order valence-electron chi connectivity index (χ1n) is 7.03. The van der Waals surface area contributed by atoms with Gasteiger partial charge in [-0.2, -0.15) is 5.10 Å². The molecular weight excluding hydrogens is 268 g/mol. The second kappa shape index (κ2) is 5.20. The minimum Gasteiger partial charge on any atom is -0.478 e. The van der Waals surface area contributed by atoms with Crippen molar-refractivity contribution in [1.82, 2.24) is 14.8 Å². The van der Waals surface area contributed by atoms with Crippen molar-refractivity contribution < 1.29 is 9.90 Å². The van der Waals surface area contributed by atoms with Crippen molar-refractivity contribution >= 4 is 11.8 Å². The largest absolute Gasteiger partial charge is 0.478 e. The van der Waals surface area contributed by atoms with Crippen LogP contribution in [0.2, 0.25) is 0 Å². The molecule has 0 aliphatic heterocycles. The second-order valence-corrected chi connectivity index (χ2v) is 5.38. The van der Waals surface area contributed by atoms with E-state index in [0.29, 0.717) is 12.4 Å². The number of nitrogens with zero attached hydrogens (tertiary/aromatic N) is 3. The summed E-state index contributed by atoms with van der Waals surface area (Å²) in [6, 6.07) is 1.76. The van der Waals surface area contributed by atoms with Gasteiger partial charge in [0.2, 0.25) is 0 Å². The van der Waals surface area contributed by atoms with Crippen LogP contribution in [0.5, 0.6) is 0 Å². The molecule has 2 heterocycles. The number of nitrogens with one attached hydrogen (secondary N) is 1. The number of carboxylic acids is 1. The normalized spacial score (nSPS) is 13.2. The molecule has 0 amide bonds. The van der Waals surface area contributed by atoms with Crippen LogP contribution < -0.4 is 5.32 Å². The maximum absolute atomic E-state index is 11.4.